The summed E-state index contributed by atoms with van der Waals surface area (Å²) in [5, 5.41) is 7.32. The number of nitrogens with two attached hydrogens (primary N) is 1. The van der Waals surface area contributed by atoms with Crippen LogP contribution in [0.25, 0.3) is 0 Å². The molecule has 0 saturated carbocycles. The summed E-state index contributed by atoms with van der Waals surface area (Å²) in [5.74, 6) is -0.298. The molecule has 1 atom stereocenters. The summed E-state index contributed by atoms with van der Waals surface area (Å²) in [5.41, 5.74) is 5.05. The molecule has 5 nitrogen and oxygen atoms in total. The molecule has 0 bridgehead atoms. The van der Waals surface area contributed by atoms with Crippen molar-refractivity contribution in [2.45, 2.75) is 32.2 Å². The van der Waals surface area contributed by atoms with Gasteiger partial charge in [-0.3, -0.25) is 9.59 Å². The lowest BCUT2D eigenvalue weighted by Gasteiger charge is -2.22. The molecule has 1 heterocycles. The molecular formula is C13H22ClN3O2S. The van der Waals surface area contributed by atoms with Crippen molar-refractivity contribution in [2.24, 2.45) is 5.73 Å². The number of hydrogen-bond acceptors (Lipinski definition) is 4. The predicted molar refractivity (Wildman–Crippen MR) is 84.4 cm³/mol. The van der Waals surface area contributed by atoms with E-state index in [1.165, 1.54) is 11.3 Å². The van der Waals surface area contributed by atoms with Gasteiger partial charge in [-0.2, -0.15) is 0 Å². The van der Waals surface area contributed by atoms with Gasteiger partial charge in [0.15, 0.2) is 0 Å². The van der Waals surface area contributed by atoms with E-state index in [0.29, 0.717) is 24.4 Å². The Morgan fingerprint density at radius 3 is 2.55 bits per heavy atom. The van der Waals surface area contributed by atoms with Crippen LogP contribution in [-0.2, 0) is 4.79 Å². The van der Waals surface area contributed by atoms with Crippen LogP contribution in [0.1, 0.15) is 36.4 Å². The number of nitrogens with one attached hydrogen (secondary N) is 2. The van der Waals surface area contributed by atoms with Crippen molar-refractivity contribution in [1.82, 2.24) is 10.6 Å². The Morgan fingerprint density at radius 1 is 1.35 bits per heavy atom. The zero-order valence-corrected chi connectivity index (χ0v) is 13.4. The van der Waals surface area contributed by atoms with Gasteiger partial charge in [-0.15, -0.1) is 23.7 Å². The molecule has 0 fully saturated rings. The van der Waals surface area contributed by atoms with Gasteiger partial charge in [0.1, 0.15) is 0 Å². The quantitative estimate of drug-likeness (QED) is 0.666. The number of hydrogen-bond donors (Lipinski definition) is 3. The maximum atomic E-state index is 11.8. The normalized spacial score (nSPS) is 12.9. The highest BCUT2D eigenvalue weighted by molar-refractivity contribution is 7.12. The first-order valence-electron chi connectivity index (χ1n) is 6.36. The summed E-state index contributed by atoms with van der Waals surface area (Å²) >= 11 is 1.39. The van der Waals surface area contributed by atoms with Gasteiger partial charge in [-0.05, 0) is 24.8 Å². The van der Waals surface area contributed by atoms with Gasteiger partial charge in [0.25, 0.3) is 5.91 Å². The first-order valence-corrected chi connectivity index (χ1v) is 7.24. The van der Waals surface area contributed by atoms with Crippen LogP contribution in [0, 0.1) is 0 Å². The Balaban J connectivity index is 0.00000361. The van der Waals surface area contributed by atoms with Crippen LogP contribution in [0.15, 0.2) is 17.5 Å². The third-order valence-corrected chi connectivity index (χ3v) is 3.60. The summed E-state index contributed by atoms with van der Waals surface area (Å²) in [7, 11) is 0. The molecule has 0 aromatic carbocycles. The molecule has 0 aliphatic heterocycles. The molecule has 0 radical (unpaired) electrons. The van der Waals surface area contributed by atoms with Gasteiger partial charge < -0.3 is 16.4 Å². The van der Waals surface area contributed by atoms with E-state index in [4.69, 9.17) is 5.73 Å². The summed E-state index contributed by atoms with van der Waals surface area (Å²) in [6.07, 6.45) is 1.50. The van der Waals surface area contributed by atoms with Crippen LogP contribution in [0.2, 0.25) is 0 Å². The average Bonchev–Trinajstić information content (AvgIpc) is 2.87. The van der Waals surface area contributed by atoms with Crippen molar-refractivity contribution in [2.75, 3.05) is 13.1 Å². The van der Waals surface area contributed by atoms with E-state index >= 15 is 0 Å². The molecule has 4 N–H and O–H groups in total. The molecule has 114 valence electrons. The zero-order valence-electron chi connectivity index (χ0n) is 11.8. The Bertz CT molecular complexity index is 421. The van der Waals surface area contributed by atoms with Crippen LogP contribution in [-0.4, -0.2) is 30.4 Å². The van der Waals surface area contributed by atoms with Gasteiger partial charge in [0.2, 0.25) is 5.91 Å². The minimum Gasteiger partial charge on any atom is -0.353 e. The summed E-state index contributed by atoms with van der Waals surface area (Å²) in [6, 6.07) is 3.59. The summed E-state index contributed by atoms with van der Waals surface area (Å²) in [6.45, 7) is 4.48. The molecule has 1 aromatic heterocycles. The van der Waals surface area contributed by atoms with E-state index in [1.807, 2.05) is 18.4 Å². The second-order valence-electron chi connectivity index (χ2n) is 4.66. The molecule has 2 amide bonds. The van der Waals surface area contributed by atoms with Crippen LogP contribution in [0.4, 0.5) is 0 Å². The second-order valence-corrected chi connectivity index (χ2v) is 5.60. The lowest BCUT2D eigenvalue weighted by molar-refractivity contribution is -0.126. The van der Waals surface area contributed by atoms with E-state index in [2.05, 4.69) is 10.6 Å². The fourth-order valence-electron chi connectivity index (χ4n) is 1.68. The van der Waals surface area contributed by atoms with Gasteiger partial charge >= 0.3 is 0 Å². The summed E-state index contributed by atoms with van der Waals surface area (Å²) < 4.78 is 0. The number of carbonyl (C=O) groups excluding carboxylic acids is 2. The maximum absolute atomic E-state index is 11.8. The summed E-state index contributed by atoms with van der Waals surface area (Å²) in [4.78, 5) is 24.1. The van der Waals surface area contributed by atoms with Crippen LogP contribution in [0.5, 0.6) is 0 Å². The SMILES string of the molecule is CCCC(C)(N)C(=O)NCCNC(=O)c1cccs1.Cl. The average molecular weight is 320 g/mol. The van der Waals surface area contributed by atoms with E-state index in [0.717, 1.165) is 6.42 Å². The highest BCUT2D eigenvalue weighted by Gasteiger charge is 2.26. The number of halogens is 1. The van der Waals surface area contributed by atoms with Crippen molar-refractivity contribution in [3.05, 3.63) is 22.4 Å². The standard InChI is InChI=1S/C13H21N3O2S.ClH/c1-3-6-13(2,14)12(18)16-8-7-15-11(17)10-5-4-9-19-10;/h4-5,9H,3,6-8,14H2,1-2H3,(H,15,17)(H,16,18);1H. The molecule has 1 unspecified atom stereocenters. The minimum atomic E-state index is -0.841. The lowest BCUT2D eigenvalue weighted by Crippen LogP contribution is -2.52. The maximum Gasteiger partial charge on any atom is 0.261 e. The lowest BCUT2D eigenvalue weighted by atomic mass is 9.97. The van der Waals surface area contributed by atoms with Gasteiger partial charge in [0.05, 0.1) is 10.4 Å². The Labute approximate surface area is 129 Å². The largest absolute Gasteiger partial charge is 0.353 e. The number of carbonyl (C=O) groups is 2. The Hall–Kier alpha value is -1.11. The van der Waals surface area contributed by atoms with Crippen LogP contribution in [0.3, 0.4) is 0 Å². The van der Waals surface area contributed by atoms with Crippen molar-refractivity contribution in [1.29, 1.82) is 0 Å². The fraction of sp³-hybridized carbons (Fsp3) is 0.538. The minimum absolute atomic E-state index is 0. The zero-order chi connectivity index (χ0) is 14.3. The van der Waals surface area contributed by atoms with Gasteiger partial charge in [0, 0.05) is 13.1 Å². The van der Waals surface area contributed by atoms with Crippen molar-refractivity contribution >= 4 is 35.6 Å². The topological polar surface area (TPSA) is 84.2 Å². The highest BCUT2D eigenvalue weighted by atomic mass is 35.5. The highest BCUT2D eigenvalue weighted by Crippen LogP contribution is 2.08. The molecular weight excluding hydrogens is 298 g/mol. The second kappa shape index (κ2) is 8.94. The third-order valence-electron chi connectivity index (χ3n) is 2.73. The van der Waals surface area contributed by atoms with Crippen molar-refractivity contribution in [3.8, 4) is 0 Å². The van der Waals surface area contributed by atoms with E-state index in [-0.39, 0.29) is 24.2 Å². The number of amides is 2. The molecule has 20 heavy (non-hydrogen) atoms. The predicted octanol–water partition coefficient (Wildman–Crippen LogP) is 1.53. The van der Waals surface area contributed by atoms with E-state index < -0.39 is 5.54 Å². The number of thiophene rings is 1. The van der Waals surface area contributed by atoms with Gasteiger partial charge in [-0.25, -0.2) is 0 Å². The molecule has 0 aliphatic rings. The first-order chi connectivity index (χ1) is 8.97. The van der Waals surface area contributed by atoms with Crippen LogP contribution < -0.4 is 16.4 Å². The first kappa shape index (κ1) is 18.9. The third kappa shape index (κ3) is 5.90. The Kier molecular flexibility index (Phi) is 8.45. The monoisotopic (exact) mass is 319 g/mol. The van der Waals surface area contributed by atoms with Crippen molar-refractivity contribution in [3.63, 3.8) is 0 Å². The van der Waals surface area contributed by atoms with Crippen LogP contribution >= 0.6 is 23.7 Å². The molecule has 1 aromatic rings. The smallest absolute Gasteiger partial charge is 0.261 e. The van der Waals surface area contributed by atoms with E-state index in [1.54, 1.807) is 13.0 Å². The molecule has 7 heteroatoms. The number of rotatable bonds is 7. The van der Waals surface area contributed by atoms with Crippen molar-refractivity contribution < 1.29 is 9.59 Å². The fourth-order valence-corrected chi connectivity index (χ4v) is 2.32. The molecule has 0 saturated heterocycles. The molecule has 0 spiro atoms. The van der Waals surface area contributed by atoms with E-state index in [9.17, 15) is 9.59 Å². The Morgan fingerprint density at radius 2 is 2.00 bits per heavy atom. The molecule has 0 aliphatic carbocycles. The molecule has 1 rings (SSSR count). The van der Waals surface area contributed by atoms with Gasteiger partial charge in [-0.1, -0.05) is 19.4 Å².